The highest BCUT2D eigenvalue weighted by molar-refractivity contribution is 5.30. The van der Waals surface area contributed by atoms with Gasteiger partial charge in [0.1, 0.15) is 11.6 Å². The molecule has 0 fully saturated rings. The van der Waals surface area contributed by atoms with E-state index in [1.165, 1.54) is 6.07 Å². The minimum atomic E-state index is -0.300. The Hall–Kier alpha value is -1.09. The maximum atomic E-state index is 13.5. The van der Waals surface area contributed by atoms with Gasteiger partial charge in [-0.3, -0.25) is 0 Å². The highest BCUT2D eigenvalue weighted by Gasteiger charge is 2.08. The Kier molecular flexibility index (Phi) is 4.09. The first-order valence-electron chi connectivity index (χ1n) is 5.18. The maximum absolute atomic E-state index is 13.5. The smallest absolute Gasteiger partial charge is 0.131 e. The van der Waals surface area contributed by atoms with Gasteiger partial charge in [0.15, 0.2) is 0 Å². The van der Waals surface area contributed by atoms with Crippen LogP contribution in [-0.2, 0) is 0 Å². The van der Waals surface area contributed by atoms with Crippen LogP contribution >= 0.6 is 0 Å². The predicted octanol–water partition coefficient (Wildman–Crippen LogP) is 2.88. The van der Waals surface area contributed by atoms with Crippen LogP contribution in [0.25, 0.3) is 0 Å². The van der Waals surface area contributed by atoms with E-state index >= 15 is 0 Å². The number of halogens is 1. The quantitative estimate of drug-likeness (QED) is 0.831. The molecule has 0 bridgehead atoms. The SMILES string of the molecule is CC(C)COc1ccc(C(C)N)c(F)c1. The van der Waals surface area contributed by atoms with Gasteiger partial charge >= 0.3 is 0 Å². The van der Waals surface area contributed by atoms with Crippen LogP contribution in [-0.4, -0.2) is 6.61 Å². The zero-order valence-electron chi connectivity index (χ0n) is 9.46. The summed E-state index contributed by atoms with van der Waals surface area (Å²) in [6.45, 7) is 6.45. The molecule has 0 radical (unpaired) electrons. The number of benzene rings is 1. The molecule has 1 unspecified atom stereocenters. The first kappa shape index (κ1) is 12.0. The first-order chi connectivity index (χ1) is 7.00. The normalized spacial score (nSPS) is 12.9. The van der Waals surface area contributed by atoms with Crippen LogP contribution in [0.4, 0.5) is 4.39 Å². The molecule has 0 aliphatic carbocycles. The molecule has 0 saturated carbocycles. The Morgan fingerprint density at radius 3 is 2.47 bits per heavy atom. The topological polar surface area (TPSA) is 35.2 Å². The van der Waals surface area contributed by atoms with E-state index in [9.17, 15) is 4.39 Å². The van der Waals surface area contributed by atoms with E-state index in [1.54, 1.807) is 19.1 Å². The van der Waals surface area contributed by atoms with Gasteiger partial charge in [-0.15, -0.1) is 0 Å². The number of nitrogens with two attached hydrogens (primary N) is 1. The van der Waals surface area contributed by atoms with Gasteiger partial charge in [0.25, 0.3) is 0 Å². The zero-order chi connectivity index (χ0) is 11.4. The minimum Gasteiger partial charge on any atom is -0.493 e. The second kappa shape index (κ2) is 5.12. The second-order valence-electron chi connectivity index (χ2n) is 4.18. The summed E-state index contributed by atoms with van der Waals surface area (Å²) in [5.74, 6) is 0.693. The van der Waals surface area contributed by atoms with Gasteiger partial charge in [-0.05, 0) is 18.9 Å². The molecular weight excluding hydrogens is 193 g/mol. The Morgan fingerprint density at radius 2 is 2.00 bits per heavy atom. The summed E-state index contributed by atoms with van der Waals surface area (Å²) in [6, 6.07) is 4.53. The van der Waals surface area contributed by atoms with Crippen LogP contribution in [0, 0.1) is 11.7 Å². The molecule has 0 amide bonds. The largest absolute Gasteiger partial charge is 0.493 e. The molecule has 2 N–H and O–H groups in total. The highest BCUT2D eigenvalue weighted by Crippen LogP contribution is 2.20. The lowest BCUT2D eigenvalue weighted by Crippen LogP contribution is -2.08. The monoisotopic (exact) mass is 211 g/mol. The third kappa shape index (κ3) is 3.51. The van der Waals surface area contributed by atoms with Crippen molar-refractivity contribution in [3.8, 4) is 5.75 Å². The van der Waals surface area contributed by atoms with E-state index < -0.39 is 0 Å². The lowest BCUT2D eigenvalue weighted by Gasteiger charge is -2.11. The van der Waals surface area contributed by atoms with Crippen molar-refractivity contribution in [2.45, 2.75) is 26.8 Å². The first-order valence-corrected chi connectivity index (χ1v) is 5.18. The molecule has 1 aromatic rings. The Morgan fingerprint density at radius 1 is 1.33 bits per heavy atom. The molecule has 0 saturated heterocycles. The Balaban J connectivity index is 2.73. The molecule has 0 heterocycles. The fraction of sp³-hybridized carbons (Fsp3) is 0.500. The average molecular weight is 211 g/mol. The number of hydrogen-bond acceptors (Lipinski definition) is 2. The van der Waals surface area contributed by atoms with Gasteiger partial charge in [0, 0.05) is 17.7 Å². The molecule has 1 aromatic carbocycles. The number of rotatable bonds is 4. The summed E-state index contributed by atoms with van der Waals surface area (Å²) in [5, 5.41) is 0. The summed E-state index contributed by atoms with van der Waals surface area (Å²) in [5.41, 5.74) is 6.13. The standard InChI is InChI=1S/C12H18FNO/c1-8(2)7-15-10-4-5-11(9(3)14)12(13)6-10/h4-6,8-9H,7,14H2,1-3H3. The van der Waals surface area contributed by atoms with Crippen LogP contribution in [0.3, 0.4) is 0 Å². The predicted molar refractivity (Wildman–Crippen MR) is 59.3 cm³/mol. The van der Waals surface area contributed by atoms with E-state index in [-0.39, 0.29) is 11.9 Å². The molecule has 0 spiro atoms. The molecule has 3 heteroatoms. The van der Waals surface area contributed by atoms with Crippen LogP contribution in [0.1, 0.15) is 32.4 Å². The third-order valence-electron chi connectivity index (χ3n) is 2.05. The van der Waals surface area contributed by atoms with E-state index in [4.69, 9.17) is 10.5 Å². The summed E-state index contributed by atoms with van der Waals surface area (Å²) < 4.78 is 18.9. The van der Waals surface area contributed by atoms with E-state index in [0.717, 1.165) is 0 Å². The maximum Gasteiger partial charge on any atom is 0.131 e. The van der Waals surface area contributed by atoms with Crippen molar-refractivity contribution in [2.24, 2.45) is 11.7 Å². The summed E-state index contributed by atoms with van der Waals surface area (Å²) in [7, 11) is 0. The van der Waals surface area contributed by atoms with Crippen molar-refractivity contribution < 1.29 is 9.13 Å². The molecule has 2 nitrogen and oxygen atoms in total. The lowest BCUT2D eigenvalue weighted by atomic mass is 10.1. The van der Waals surface area contributed by atoms with Crippen molar-refractivity contribution in [1.29, 1.82) is 0 Å². The molecule has 1 atom stereocenters. The van der Waals surface area contributed by atoms with Crippen LogP contribution in [0.15, 0.2) is 18.2 Å². The second-order valence-corrected chi connectivity index (χ2v) is 4.18. The number of ether oxygens (including phenoxy) is 1. The summed E-state index contributed by atoms with van der Waals surface area (Å²) >= 11 is 0. The molecule has 0 aliphatic rings. The highest BCUT2D eigenvalue weighted by atomic mass is 19.1. The zero-order valence-corrected chi connectivity index (χ0v) is 9.46. The van der Waals surface area contributed by atoms with Gasteiger partial charge in [-0.25, -0.2) is 4.39 Å². The summed E-state index contributed by atoms with van der Waals surface area (Å²) in [4.78, 5) is 0. The van der Waals surface area contributed by atoms with Crippen molar-refractivity contribution in [1.82, 2.24) is 0 Å². The van der Waals surface area contributed by atoms with Crippen molar-refractivity contribution in [3.05, 3.63) is 29.6 Å². The summed E-state index contributed by atoms with van der Waals surface area (Å²) in [6.07, 6.45) is 0. The lowest BCUT2D eigenvalue weighted by molar-refractivity contribution is 0.269. The molecule has 1 rings (SSSR count). The van der Waals surface area contributed by atoms with Crippen molar-refractivity contribution in [2.75, 3.05) is 6.61 Å². The van der Waals surface area contributed by atoms with Gasteiger partial charge in [0.05, 0.1) is 6.61 Å². The van der Waals surface area contributed by atoms with Gasteiger partial charge in [-0.1, -0.05) is 19.9 Å². The Bertz CT molecular complexity index is 323. The molecule has 0 aliphatic heterocycles. The van der Waals surface area contributed by atoms with Crippen LogP contribution in [0.5, 0.6) is 5.75 Å². The van der Waals surface area contributed by atoms with Crippen molar-refractivity contribution in [3.63, 3.8) is 0 Å². The number of hydrogen-bond donors (Lipinski definition) is 1. The molecule has 15 heavy (non-hydrogen) atoms. The van der Waals surface area contributed by atoms with Crippen molar-refractivity contribution >= 4 is 0 Å². The minimum absolute atomic E-state index is 0.288. The molecule has 0 aromatic heterocycles. The van der Waals surface area contributed by atoms with Gasteiger partial charge in [0.2, 0.25) is 0 Å². The van der Waals surface area contributed by atoms with Gasteiger partial charge in [-0.2, -0.15) is 0 Å². The Labute approximate surface area is 90.2 Å². The van der Waals surface area contributed by atoms with Gasteiger partial charge < -0.3 is 10.5 Å². The fourth-order valence-electron chi connectivity index (χ4n) is 1.23. The van der Waals surface area contributed by atoms with E-state index in [1.807, 2.05) is 13.8 Å². The fourth-order valence-corrected chi connectivity index (χ4v) is 1.23. The third-order valence-corrected chi connectivity index (χ3v) is 2.05. The van der Waals surface area contributed by atoms with E-state index in [2.05, 4.69) is 0 Å². The molecular formula is C12H18FNO. The van der Waals surface area contributed by atoms with E-state index in [0.29, 0.717) is 23.8 Å². The van der Waals surface area contributed by atoms with Crippen LogP contribution < -0.4 is 10.5 Å². The molecule has 84 valence electrons. The van der Waals surface area contributed by atoms with Crippen LogP contribution in [0.2, 0.25) is 0 Å². The average Bonchev–Trinajstić information content (AvgIpc) is 2.14.